The van der Waals surface area contributed by atoms with Gasteiger partial charge in [0.1, 0.15) is 0 Å². The third-order valence-electron chi connectivity index (χ3n) is 18.9. The van der Waals surface area contributed by atoms with Gasteiger partial charge in [0.25, 0.3) is 0 Å². The first-order valence-electron chi connectivity index (χ1n) is 14.2. The summed E-state index contributed by atoms with van der Waals surface area (Å²) >= 11 is 0. The number of hydrogen-bond donors (Lipinski definition) is 0. The SMILES string of the molecule is CCP(C(C)(C)C)C(C)(C)C.c1ccc(P(c2ccccc2)[C]23[CH]4[CH]5[CH]6[CH]2[Fe]56432789[CH]3[CH]2[CH]7[CH]8[CH]39)cc1. The normalized spacial score (nSPS) is 64.7. The second-order valence-electron chi connectivity index (χ2n) is 17.7. The Balaban J connectivity index is 0.000000135. The number of rotatable bonds is 4. The zero-order chi connectivity index (χ0) is 24.1. The van der Waals surface area contributed by atoms with E-state index in [0.717, 1.165) is 4.05 Å². The molecular formula is C32H42FeP2. The van der Waals surface area contributed by atoms with Gasteiger partial charge in [0.15, 0.2) is 0 Å². The van der Waals surface area contributed by atoms with Crippen molar-refractivity contribution in [2.24, 2.45) is 0 Å². The van der Waals surface area contributed by atoms with Crippen molar-refractivity contribution in [3.05, 3.63) is 60.7 Å². The Kier molecular flexibility index (Phi) is 1.62. The van der Waals surface area contributed by atoms with E-state index in [4.69, 9.17) is 0 Å². The first kappa shape index (κ1) is 19.8. The van der Waals surface area contributed by atoms with Crippen LogP contribution in [0, 0.1) is 0 Å². The predicted molar refractivity (Wildman–Crippen MR) is 153 cm³/mol. The van der Waals surface area contributed by atoms with Crippen LogP contribution in [0.4, 0.5) is 0 Å². The summed E-state index contributed by atoms with van der Waals surface area (Å²) in [6, 6.07) is 23.7. The molecule has 0 radical (unpaired) electrons. The Morgan fingerprint density at radius 2 is 1.00 bits per heavy atom. The maximum atomic E-state index is 2.50. The number of benzene rings is 2. The molecule has 0 amide bonds. The second-order valence-corrected chi connectivity index (χ2v) is 48.3. The van der Waals surface area contributed by atoms with Gasteiger partial charge >= 0.3 is 133 Å². The minimum atomic E-state index is -3.05. The van der Waals surface area contributed by atoms with Gasteiger partial charge in [-0.25, -0.2) is 0 Å². The molecule has 35 heavy (non-hydrogen) atoms. The summed E-state index contributed by atoms with van der Waals surface area (Å²) in [7, 11) is 0.0912. The molecule has 2 aromatic carbocycles. The summed E-state index contributed by atoms with van der Waals surface area (Å²) in [6.07, 6.45) is 1.35. The molecule has 4 atom stereocenters. The zero-order valence-electron chi connectivity index (χ0n) is 22.4. The van der Waals surface area contributed by atoms with Gasteiger partial charge in [-0.2, -0.15) is 0 Å². The van der Waals surface area contributed by atoms with Crippen molar-refractivity contribution in [3.8, 4) is 0 Å². The second kappa shape index (κ2) is 2.86. The van der Waals surface area contributed by atoms with E-state index >= 15 is 0 Å². The topological polar surface area (TPSA) is 0 Å². The van der Waals surface area contributed by atoms with Crippen molar-refractivity contribution in [3.63, 3.8) is 0 Å². The van der Waals surface area contributed by atoms with Crippen molar-refractivity contribution >= 4 is 26.5 Å². The van der Waals surface area contributed by atoms with Crippen LogP contribution in [-0.4, -0.2) is 20.5 Å². The van der Waals surface area contributed by atoms with Crippen LogP contribution in [0.5, 0.6) is 0 Å². The molecule has 0 N–H and O–H groups in total. The number of fused-ring (bicyclic) bond motifs is 10. The monoisotopic (exact) mass is 544 g/mol. The molecule has 1 spiro atoms. The Morgan fingerprint density at radius 1 is 0.629 bits per heavy atom. The van der Waals surface area contributed by atoms with E-state index < -0.39 is 6.51 Å². The molecule has 10 aliphatic rings. The van der Waals surface area contributed by atoms with Gasteiger partial charge in [-0.3, -0.25) is 0 Å². The van der Waals surface area contributed by atoms with Gasteiger partial charge in [-0.1, -0.05) is 56.4 Å². The van der Waals surface area contributed by atoms with Gasteiger partial charge < -0.3 is 0 Å². The summed E-state index contributed by atoms with van der Waals surface area (Å²) < 4.78 is 0.983. The summed E-state index contributed by atoms with van der Waals surface area (Å²) in [5.41, 5.74) is 0. The van der Waals surface area contributed by atoms with Crippen LogP contribution in [0.1, 0.15) is 48.5 Å². The molecule has 10 heterocycles. The van der Waals surface area contributed by atoms with E-state index in [9.17, 15) is 0 Å². The first-order chi connectivity index (χ1) is 16.3. The number of hydrogen-bond acceptors (Lipinski definition) is 0. The maximum absolute atomic E-state index is 3.05. The molecule has 2 aromatic rings. The fourth-order valence-corrected chi connectivity index (χ4v) is 113. The van der Waals surface area contributed by atoms with Crippen LogP contribution in [0.3, 0.4) is 0 Å². The van der Waals surface area contributed by atoms with Crippen LogP contribution in [0.2, 0.25) is 43.3 Å². The van der Waals surface area contributed by atoms with Crippen molar-refractivity contribution in [1.82, 2.24) is 0 Å². The van der Waals surface area contributed by atoms with Crippen LogP contribution in [-0.2, 0) is 6.51 Å². The average Bonchev–Trinajstić information content (AvgIpc) is 3.74. The van der Waals surface area contributed by atoms with Crippen LogP contribution in [0.15, 0.2) is 60.7 Å². The Labute approximate surface area is 205 Å². The molecule has 0 nitrogen and oxygen atoms in total. The van der Waals surface area contributed by atoms with Crippen LogP contribution < -0.4 is 10.6 Å². The summed E-state index contributed by atoms with van der Waals surface area (Å²) in [6.45, 7) is 13.5. The molecule has 0 aromatic heterocycles. The Bertz CT molecular complexity index is 1550. The fraction of sp³-hybridized carbons (Fsp3) is 0.625. The molecule has 0 aliphatic carbocycles. The van der Waals surface area contributed by atoms with Gasteiger partial charge in [-0.15, -0.1) is 0 Å². The van der Waals surface area contributed by atoms with Crippen molar-refractivity contribution in [2.75, 3.05) is 6.16 Å². The summed E-state index contributed by atoms with van der Waals surface area (Å²) in [5.74, 6) is 0. The Morgan fingerprint density at radius 3 is 1.20 bits per heavy atom. The fourth-order valence-electron chi connectivity index (χ4n) is 20.3. The molecule has 4 unspecified atom stereocenters. The third-order valence-corrected chi connectivity index (χ3v) is 72.1. The molecule has 188 valence electrons. The molecule has 10 fully saturated rings. The minimum absolute atomic E-state index is 0.0683. The molecule has 0 bridgehead atoms. The third kappa shape index (κ3) is 0.519. The van der Waals surface area contributed by atoms with Crippen LogP contribution in [0.25, 0.3) is 0 Å². The van der Waals surface area contributed by atoms with Crippen molar-refractivity contribution < 1.29 is 6.51 Å². The van der Waals surface area contributed by atoms with E-state index in [1.54, 1.807) is 10.6 Å². The molecule has 10 saturated heterocycles. The van der Waals surface area contributed by atoms with Crippen LogP contribution >= 0.6 is 15.8 Å². The molecule has 0 saturated carbocycles. The van der Waals surface area contributed by atoms with Crippen molar-refractivity contribution in [1.29, 1.82) is 0 Å². The molecule has 12 rings (SSSR count). The Hall–Kier alpha value is -0.181. The first-order valence-corrected chi connectivity index (χ1v) is 23.4. The van der Waals surface area contributed by atoms with E-state index in [-0.39, 0.29) is 15.8 Å². The van der Waals surface area contributed by atoms with Gasteiger partial charge in [0, 0.05) is 0 Å². The average molecular weight is 544 g/mol. The van der Waals surface area contributed by atoms with Crippen molar-refractivity contribution in [2.45, 2.75) is 106 Å². The van der Waals surface area contributed by atoms with E-state index in [0.29, 0.717) is 10.3 Å². The summed E-state index contributed by atoms with van der Waals surface area (Å²) in [4.78, 5) is 12.9. The van der Waals surface area contributed by atoms with Gasteiger partial charge in [0.2, 0.25) is 0 Å². The molecule has 3 heteroatoms. The standard InChI is InChI=1S/C17H14P.C10H23P.C5H5.Fe/c1-3-9-15(10-4-1)18(17-13-7-8-14-17)16-11-5-2-6-12-16;1-8-11(9(2,3)4)10(5,6)7;1-2-4-5-3-1;/h1-14H;8H2,1-7H3;1-5H;. The van der Waals surface area contributed by atoms with E-state index in [1.807, 2.05) is 0 Å². The van der Waals surface area contributed by atoms with Gasteiger partial charge in [0.05, 0.1) is 0 Å². The van der Waals surface area contributed by atoms with E-state index in [1.165, 1.54) is 49.5 Å². The van der Waals surface area contributed by atoms with E-state index in [2.05, 4.69) is 109 Å². The molecule has 10 aliphatic heterocycles. The predicted octanol–water partition coefficient (Wildman–Crippen LogP) is 9.50. The zero-order valence-corrected chi connectivity index (χ0v) is 25.3. The molecular weight excluding hydrogens is 502 g/mol. The quantitative estimate of drug-likeness (QED) is 0.266. The van der Waals surface area contributed by atoms with Gasteiger partial charge in [-0.05, 0) is 16.5 Å². The summed E-state index contributed by atoms with van der Waals surface area (Å²) in [5, 5.41) is 4.52.